The standard InChI is InChI=1S/C20H30N2O5S/c1-5-22(6-2)28(25,26)17-14-16(11-10-15(17)4)18(23)21-20(12-8-9-13-20)19(24)27-7-3/h10-11,14H,5-9,12-13H2,1-4H3,(H,21,23). The molecule has 1 amide bonds. The van der Waals surface area contributed by atoms with E-state index in [2.05, 4.69) is 5.32 Å². The van der Waals surface area contributed by atoms with Crippen molar-refractivity contribution in [2.45, 2.75) is 63.8 Å². The van der Waals surface area contributed by atoms with E-state index >= 15 is 0 Å². The smallest absolute Gasteiger partial charge is 0.331 e. The van der Waals surface area contributed by atoms with Crippen molar-refractivity contribution >= 4 is 21.9 Å². The van der Waals surface area contributed by atoms with E-state index in [0.717, 1.165) is 12.8 Å². The summed E-state index contributed by atoms with van der Waals surface area (Å²) in [5.74, 6) is -0.894. The van der Waals surface area contributed by atoms with Crippen molar-refractivity contribution in [1.29, 1.82) is 0 Å². The lowest BCUT2D eigenvalue weighted by Gasteiger charge is -2.28. The molecule has 1 aliphatic carbocycles. The average molecular weight is 411 g/mol. The molecule has 1 fully saturated rings. The molecule has 0 aromatic heterocycles. The fourth-order valence-corrected chi connectivity index (χ4v) is 5.35. The molecule has 0 radical (unpaired) electrons. The first kappa shape index (κ1) is 22.4. The molecule has 0 unspecified atom stereocenters. The van der Waals surface area contributed by atoms with Crippen LogP contribution in [0.5, 0.6) is 0 Å². The molecule has 1 N–H and O–H groups in total. The van der Waals surface area contributed by atoms with Crippen LogP contribution in [0.1, 0.15) is 62.4 Å². The number of benzene rings is 1. The van der Waals surface area contributed by atoms with Gasteiger partial charge < -0.3 is 10.1 Å². The maximum Gasteiger partial charge on any atom is 0.331 e. The summed E-state index contributed by atoms with van der Waals surface area (Å²) in [5.41, 5.74) is -0.244. The van der Waals surface area contributed by atoms with Gasteiger partial charge in [0.05, 0.1) is 11.5 Å². The summed E-state index contributed by atoms with van der Waals surface area (Å²) in [6.07, 6.45) is 2.70. The van der Waals surface area contributed by atoms with Crippen molar-refractivity contribution in [3.05, 3.63) is 29.3 Å². The predicted octanol–water partition coefficient (Wildman–Crippen LogP) is 2.63. The minimum atomic E-state index is -3.69. The highest BCUT2D eigenvalue weighted by atomic mass is 32.2. The minimum absolute atomic E-state index is 0.112. The van der Waals surface area contributed by atoms with Gasteiger partial charge in [-0.3, -0.25) is 4.79 Å². The van der Waals surface area contributed by atoms with Gasteiger partial charge in [0.25, 0.3) is 5.91 Å². The number of rotatable bonds is 8. The first-order valence-electron chi connectivity index (χ1n) is 9.82. The Morgan fingerprint density at radius 2 is 1.75 bits per heavy atom. The Bertz CT molecular complexity index is 825. The monoisotopic (exact) mass is 410 g/mol. The van der Waals surface area contributed by atoms with E-state index in [1.165, 1.54) is 10.4 Å². The van der Waals surface area contributed by atoms with Crippen LogP contribution in [0, 0.1) is 6.92 Å². The van der Waals surface area contributed by atoms with Gasteiger partial charge in [-0.1, -0.05) is 32.8 Å². The number of ether oxygens (including phenoxy) is 1. The van der Waals surface area contributed by atoms with E-state index in [1.54, 1.807) is 39.8 Å². The summed E-state index contributed by atoms with van der Waals surface area (Å²) in [4.78, 5) is 25.4. The molecule has 0 bridgehead atoms. The van der Waals surface area contributed by atoms with Gasteiger partial charge >= 0.3 is 5.97 Å². The molecule has 2 rings (SSSR count). The van der Waals surface area contributed by atoms with Gasteiger partial charge in [0, 0.05) is 18.7 Å². The predicted molar refractivity (Wildman–Crippen MR) is 107 cm³/mol. The van der Waals surface area contributed by atoms with E-state index in [1.807, 2.05) is 0 Å². The summed E-state index contributed by atoms with van der Waals surface area (Å²) in [6.45, 7) is 7.92. The van der Waals surface area contributed by atoms with Crippen molar-refractivity contribution in [2.24, 2.45) is 0 Å². The Kier molecular flexibility index (Phi) is 7.22. The minimum Gasteiger partial charge on any atom is -0.464 e. The fourth-order valence-electron chi connectivity index (χ4n) is 3.64. The molecule has 28 heavy (non-hydrogen) atoms. The molecule has 0 heterocycles. The van der Waals surface area contributed by atoms with E-state index in [4.69, 9.17) is 4.74 Å². The van der Waals surface area contributed by atoms with Gasteiger partial charge in [0.2, 0.25) is 10.0 Å². The number of nitrogens with one attached hydrogen (secondary N) is 1. The van der Waals surface area contributed by atoms with Crippen molar-refractivity contribution in [2.75, 3.05) is 19.7 Å². The van der Waals surface area contributed by atoms with Crippen LogP contribution in [0.15, 0.2) is 23.1 Å². The highest BCUT2D eigenvalue weighted by Crippen LogP contribution is 2.31. The normalized spacial score (nSPS) is 16.2. The Labute approximate surface area is 167 Å². The maximum absolute atomic E-state index is 12.9. The summed E-state index contributed by atoms with van der Waals surface area (Å²) < 4.78 is 32.3. The van der Waals surface area contributed by atoms with Crippen LogP contribution in [-0.2, 0) is 19.6 Å². The van der Waals surface area contributed by atoms with Crippen LogP contribution in [0.3, 0.4) is 0 Å². The van der Waals surface area contributed by atoms with Crippen molar-refractivity contribution < 1.29 is 22.7 Å². The molecule has 156 valence electrons. The number of hydrogen-bond acceptors (Lipinski definition) is 5. The van der Waals surface area contributed by atoms with Crippen LogP contribution in [0.2, 0.25) is 0 Å². The number of hydrogen-bond donors (Lipinski definition) is 1. The molecular weight excluding hydrogens is 380 g/mol. The Morgan fingerprint density at radius 3 is 2.29 bits per heavy atom. The molecule has 1 saturated carbocycles. The SMILES string of the molecule is CCOC(=O)C1(NC(=O)c2ccc(C)c(S(=O)(=O)N(CC)CC)c2)CCCC1. The molecular formula is C20H30N2O5S. The maximum atomic E-state index is 12.9. The van der Waals surface area contributed by atoms with Gasteiger partial charge in [-0.25, -0.2) is 13.2 Å². The molecule has 1 aromatic rings. The van der Waals surface area contributed by atoms with E-state index < -0.39 is 27.4 Å². The molecule has 1 aliphatic rings. The molecule has 7 nitrogen and oxygen atoms in total. The van der Waals surface area contributed by atoms with Crippen LogP contribution in [0.25, 0.3) is 0 Å². The number of amides is 1. The van der Waals surface area contributed by atoms with E-state index in [-0.39, 0.29) is 17.1 Å². The van der Waals surface area contributed by atoms with Gasteiger partial charge in [0.1, 0.15) is 5.54 Å². The number of esters is 1. The summed E-state index contributed by atoms with van der Waals surface area (Å²) in [7, 11) is -3.69. The van der Waals surface area contributed by atoms with E-state index in [0.29, 0.717) is 31.5 Å². The topological polar surface area (TPSA) is 92.8 Å². The van der Waals surface area contributed by atoms with Crippen LogP contribution in [0.4, 0.5) is 0 Å². The van der Waals surface area contributed by atoms with Crippen LogP contribution in [-0.4, -0.2) is 49.8 Å². The van der Waals surface area contributed by atoms with Gasteiger partial charge in [-0.15, -0.1) is 0 Å². The largest absolute Gasteiger partial charge is 0.464 e. The van der Waals surface area contributed by atoms with Gasteiger partial charge in [0.15, 0.2) is 0 Å². The Balaban J connectivity index is 2.35. The second kappa shape index (κ2) is 9.05. The third kappa shape index (κ3) is 4.38. The molecule has 0 spiro atoms. The zero-order valence-electron chi connectivity index (χ0n) is 17.1. The second-order valence-electron chi connectivity index (χ2n) is 7.03. The quantitative estimate of drug-likeness (QED) is 0.665. The fraction of sp³-hybridized carbons (Fsp3) is 0.600. The average Bonchev–Trinajstić information content (AvgIpc) is 3.12. The molecule has 8 heteroatoms. The Hall–Kier alpha value is -1.93. The zero-order chi connectivity index (χ0) is 20.9. The van der Waals surface area contributed by atoms with Crippen molar-refractivity contribution in [1.82, 2.24) is 9.62 Å². The number of sulfonamides is 1. The van der Waals surface area contributed by atoms with Crippen LogP contribution >= 0.6 is 0 Å². The lowest BCUT2D eigenvalue weighted by Crippen LogP contribution is -2.53. The third-order valence-electron chi connectivity index (χ3n) is 5.25. The molecule has 0 aliphatic heterocycles. The molecule has 0 atom stereocenters. The number of nitrogens with zero attached hydrogens (tertiary/aromatic N) is 1. The summed E-state index contributed by atoms with van der Waals surface area (Å²) in [6, 6.07) is 4.60. The van der Waals surface area contributed by atoms with Gasteiger partial charge in [-0.2, -0.15) is 4.31 Å². The summed E-state index contributed by atoms with van der Waals surface area (Å²) in [5, 5.41) is 2.83. The number of carbonyl (C=O) groups is 2. The Morgan fingerprint density at radius 1 is 1.14 bits per heavy atom. The highest BCUT2D eigenvalue weighted by Gasteiger charge is 2.44. The number of aryl methyl sites for hydroxylation is 1. The van der Waals surface area contributed by atoms with Crippen molar-refractivity contribution in [3.8, 4) is 0 Å². The second-order valence-corrected chi connectivity index (χ2v) is 8.94. The third-order valence-corrected chi connectivity index (χ3v) is 7.44. The lowest BCUT2D eigenvalue weighted by molar-refractivity contribution is -0.150. The lowest BCUT2D eigenvalue weighted by atomic mass is 9.97. The first-order chi connectivity index (χ1) is 13.2. The van der Waals surface area contributed by atoms with Crippen LogP contribution < -0.4 is 5.32 Å². The van der Waals surface area contributed by atoms with Gasteiger partial charge in [-0.05, 0) is 44.4 Å². The zero-order valence-corrected chi connectivity index (χ0v) is 17.9. The number of carbonyl (C=O) groups excluding carboxylic acids is 2. The first-order valence-corrected chi connectivity index (χ1v) is 11.3. The highest BCUT2D eigenvalue weighted by molar-refractivity contribution is 7.89. The molecule has 0 saturated heterocycles. The van der Waals surface area contributed by atoms with E-state index in [9.17, 15) is 18.0 Å². The summed E-state index contributed by atoms with van der Waals surface area (Å²) >= 11 is 0. The van der Waals surface area contributed by atoms with Crippen molar-refractivity contribution in [3.63, 3.8) is 0 Å². The molecule has 1 aromatic carbocycles.